The predicted molar refractivity (Wildman–Crippen MR) is 129 cm³/mol. The van der Waals surface area contributed by atoms with E-state index in [0.717, 1.165) is 12.0 Å². The molecule has 178 valence electrons. The second kappa shape index (κ2) is 12.5. The van der Waals surface area contributed by atoms with Crippen molar-refractivity contribution >= 4 is 23.4 Å². The first-order chi connectivity index (χ1) is 16.0. The van der Waals surface area contributed by atoms with Crippen molar-refractivity contribution in [3.63, 3.8) is 0 Å². The van der Waals surface area contributed by atoms with Crippen molar-refractivity contribution in [1.82, 2.24) is 15.1 Å². The number of nitrogens with zero attached hydrogens (tertiary/aromatic N) is 2. The molecule has 2 aromatic rings. The Hall–Kier alpha value is -2.77. The molecule has 1 aliphatic rings. The van der Waals surface area contributed by atoms with E-state index >= 15 is 0 Å². The van der Waals surface area contributed by atoms with Crippen LogP contribution in [0.4, 0.5) is 0 Å². The minimum Gasteiger partial charge on any atom is -0.490 e. The molecule has 7 nitrogen and oxygen atoms in total. The molecule has 0 bridgehead atoms. The molecule has 0 aliphatic carbocycles. The fraction of sp³-hybridized carbons (Fsp3) is 0.440. The lowest BCUT2D eigenvalue weighted by molar-refractivity contribution is -0.122. The highest BCUT2D eigenvalue weighted by Crippen LogP contribution is 2.37. The Kier molecular flexibility index (Phi) is 9.39. The first kappa shape index (κ1) is 24.9. The van der Waals surface area contributed by atoms with Gasteiger partial charge in [0.05, 0.1) is 24.8 Å². The number of carbonyl (C=O) groups excluding carboxylic acids is 2. The molecule has 0 unspecified atom stereocenters. The van der Waals surface area contributed by atoms with Crippen molar-refractivity contribution in [2.75, 3.05) is 45.9 Å². The van der Waals surface area contributed by atoms with Crippen molar-refractivity contribution in [2.24, 2.45) is 0 Å². The van der Waals surface area contributed by atoms with Crippen LogP contribution in [0.15, 0.2) is 42.5 Å². The van der Waals surface area contributed by atoms with Crippen LogP contribution in [0, 0.1) is 0 Å². The molecule has 0 aromatic heterocycles. The largest absolute Gasteiger partial charge is 0.490 e. The topological polar surface area (TPSA) is 71.1 Å². The molecule has 8 heteroatoms. The summed E-state index contributed by atoms with van der Waals surface area (Å²) in [7, 11) is 0. The third kappa shape index (κ3) is 7.11. The van der Waals surface area contributed by atoms with E-state index < -0.39 is 0 Å². The average molecular weight is 474 g/mol. The van der Waals surface area contributed by atoms with E-state index in [0.29, 0.717) is 74.6 Å². The van der Waals surface area contributed by atoms with Gasteiger partial charge in [-0.1, -0.05) is 48.9 Å². The zero-order valence-corrected chi connectivity index (χ0v) is 20.1. The van der Waals surface area contributed by atoms with E-state index in [1.54, 1.807) is 17.0 Å². The van der Waals surface area contributed by atoms with Crippen molar-refractivity contribution in [3.05, 3.63) is 58.6 Å². The molecule has 0 saturated carbocycles. The van der Waals surface area contributed by atoms with Crippen LogP contribution in [-0.4, -0.2) is 67.6 Å². The molecule has 33 heavy (non-hydrogen) atoms. The molecule has 3 rings (SSSR count). The number of piperazine rings is 1. The van der Waals surface area contributed by atoms with E-state index in [-0.39, 0.29) is 11.8 Å². The Balaban J connectivity index is 1.53. The van der Waals surface area contributed by atoms with Gasteiger partial charge >= 0.3 is 0 Å². The molecule has 0 spiro atoms. The summed E-state index contributed by atoms with van der Waals surface area (Å²) in [5.74, 6) is 0.835. The summed E-state index contributed by atoms with van der Waals surface area (Å²) >= 11 is 6.42. The monoisotopic (exact) mass is 473 g/mol. The molecule has 0 atom stereocenters. The van der Waals surface area contributed by atoms with E-state index in [1.165, 1.54) is 0 Å². The minimum absolute atomic E-state index is 0.0190. The lowest BCUT2D eigenvalue weighted by Gasteiger charge is -2.34. The Morgan fingerprint density at radius 2 is 1.76 bits per heavy atom. The molecule has 0 radical (unpaired) electrons. The zero-order chi connectivity index (χ0) is 23.6. The van der Waals surface area contributed by atoms with Crippen molar-refractivity contribution < 1.29 is 19.1 Å². The van der Waals surface area contributed by atoms with Crippen LogP contribution < -0.4 is 14.8 Å². The third-order valence-corrected chi connectivity index (χ3v) is 5.65. The molecular formula is C25H32ClN3O4. The highest BCUT2D eigenvalue weighted by molar-refractivity contribution is 6.32. The maximum Gasteiger partial charge on any atom is 0.254 e. The van der Waals surface area contributed by atoms with Gasteiger partial charge < -0.3 is 19.7 Å². The van der Waals surface area contributed by atoms with Gasteiger partial charge in [-0.2, -0.15) is 0 Å². The third-order valence-electron chi connectivity index (χ3n) is 5.37. The number of amides is 2. The maximum absolute atomic E-state index is 13.1. The number of rotatable bonds is 10. The van der Waals surface area contributed by atoms with Gasteiger partial charge in [-0.3, -0.25) is 14.5 Å². The van der Waals surface area contributed by atoms with Gasteiger partial charge in [-0.25, -0.2) is 0 Å². The van der Waals surface area contributed by atoms with Crippen molar-refractivity contribution in [1.29, 1.82) is 0 Å². The van der Waals surface area contributed by atoms with E-state index in [1.807, 2.05) is 44.2 Å². The SMILES string of the molecule is CCCOc1c(Cl)cc(C(=O)N2CCN(CC(=O)NCc3ccccc3)CC2)cc1OCC. The van der Waals surface area contributed by atoms with Crippen molar-refractivity contribution in [3.8, 4) is 11.5 Å². The lowest BCUT2D eigenvalue weighted by atomic mass is 10.1. The zero-order valence-electron chi connectivity index (χ0n) is 19.3. The molecule has 1 heterocycles. The van der Waals surface area contributed by atoms with Gasteiger partial charge in [0.1, 0.15) is 0 Å². The van der Waals surface area contributed by atoms with Gasteiger partial charge in [-0.05, 0) is 31.0 Å². The smallest absolute Gasteiger partial charge is 0.254 e. The van der Waals surface area contributed by atoms with Gasteiger partial charge in [-0.15, -0.1) is 0 Å². The van der Waals surface area contributed by atoms with Gasteiger partial charge in [0.2, 0.25) is 5.91 Å². The van der Waals surface area contributed by atoms with E-state index in [9.17, 15) is 9.59 Å². The predicted octanol–water partition coefficient (Wildman–Crippen LogP) is 3.60. The Morgan fingerprint density at radius 3 is 2.42 bits per heavy atom. The summed E-state index contributed by atoms with van der Waals surface area (Å²) in [5.41, 5.74) is 1.54. The van der Waals surface area contributed by atoms with Crippen LogP contribution in [0.5, 0.6) is 11.5 Å². The molecule has 2 aromatic carbocycles. The Morgan fingerprint density at radius 1 is 1.03 bits per heavy atom. The quantitative estimate of drug-likeness (QED) is 0.571. The van der Waals surface area contributed by atoms with E-state index in [4.69, 9.17) is 21.1 Å². The number of ether oxygens (including phenoxy) is 2. The fourth-order valence-electron chi connectivity index (χ4n) is 3.65. The second-order valence-electron chi connectivity index (χ2n) is 7.90. The van der Waals surface area contributed by atoms with E-state index in [2.05, 4.69) is 10.2 Å². The van der Waals surface area contributed by atoms with Crippen LogP contribution in [0.2, 0.25) is 5.02 Å². The molecule has 2 amide bonds. The standard InChI is InChI=1S/C25H32ClN3O4/c1-3-14-33-24-21(26)15-20(16-22(24)32-4-2)25(31)29-12-10-28(11-13-29)18-23(30)27-17-19-8-6-5-7-9-19/h5-9,15-16H,3-4,10-14,17-18H2,1-2H3,(H,27,30). The molecule has 1 saturated heterocycles. The van der Waals surface area contributed by atoms with Gasteiger partial charge in [0, 0.05) is 38.3 Å². The normalized spacial score (nSPS) is 14.1. The lowest BCUT2D eigenvalue weighted by Crippen LogP contribution is -2.51. The van der Waals surface area contributed by atoms with Crippen molar-refractivity contribution in [2.45, 2.75) is 26.8 Å². The molecule has 1 aliphatic heterocycles. The van der Waals surface area contributed by atoms with Crippen LogP contribution in [-0.2, 0) is 11.3 Å². The minimum atomic E-state index is -0.104. The summed E-state index contributed by atoms with van der Waals surface area (Å²) < 4.78 is 11.4. The Bertz CT molecular complexity index is 931. The number of halogens is 1. The summed E-state index contributed by atoms with van der Waals surface area (Å²) in [4.78, 5) is 29.2. The average Bonchev–Trinajstić information content (AvgIpc) is 2.83. The van der Waals surface area contributed by atoms with Crippen LogP contribution in [0.25, 0.3) is 0 Å². The molecule has 1 N–H and O–H groups in total. The molecular weight excluding hydrogens is 442 g/mol. The number of benzene rings is 2. The maximum atomic E-state index is 13.1. The first-order valence-electron chi connectivity index (χ1n) is 11.4. The summed E-state index contributed by atoms with van der Waals surface area (Å²) in [6.45, 7) is 8.04. The van der Waals surface area contributed by atoms with Gasteiger partial charge in [0.15, 0.2) is 11.5 Å². The summed E-state index contributed by atoms with van der Waals surface area (Å²) in [5, 5.41) is 3.32. The highest BCUT2D eigenvalue weighted by atomic mass is 35.5. The number of carbonyl (C=O) groups is 2. The first-order valence-corrected chi connectivity index (χ1v) is 11.8. The van der Waals surface area contributed by atoms with Crippen LogP contribution in [0.1, 0.15) is 36.2 Å². The molecule has 1 fully saturated rings. The van der Waals surface area contributed by atoms with Crippen LogP contribution in [0.3, 0.4) is 0 Å². The fourth-order valence-corrected chi connectivity index (χ4v) is 3.91. The van der Waals surface area contributed by atoms with Crippen LogP contribution >= 0.6 is 11.6 Å². The second-order valence-corrected chi connectivity index (χ2v) is 8.30. The number of hydrogen-bond donors (Lipinski definition) is 1. The Labute approximate surface area is 200 Å². The number of hydrogen-bond acceptors (Lipinski definition) is 5. The highest BCUT2D eigenvalue weighted by Gasteiger charge is 2.25. The number of nitrogens with one attached hydrogen (secondary N) is 1. The van der Waals surface area contributed by atoms with Gasteiger partial charge in [0.25, 0.3) is 5.91 Å². The summed E-state index contributed by atoms with van der Waals surface area (Å²) in [6, 6.07) is 13.2. The summed E-state index contributed by atoms with van der Waals surface area (Å²) in [6.07, 6.45) is 0.844.